The van der Waals surface area contributed by atoms with E-state index in [9.17, 15) is 4.79 Å². The van der Waals surface area contributed by atoms with Gasteiger partial charge in [-0.2, -0.15) is 0 Å². The molecule has 4 heteroatoms. The molecule has 0 aromatic heterocycles. The summed E-state index contributed by atoms with van der Waals surface area (Å²) in [4.78, 5) is 14.4. The predicted molar refractivity (Wildman–Crippen MR) is 76.4 cm³/mol. The molecule has 1 saturated heterocycles. The summed E-state index contributed by atoms with van der Waals surface area (Å²) < 4.78 is 0. The van der Waals surface area contributed by atoms with Crippen LogP contribution in [0.3, 0.4) is 0 Å². The highest BCUT2D eigenvalue weighted by Gasteiger charge is 2.28. The van der Waals surface area contributed by atoms with Gasteiger partial charge in [0.2, 0.25) is 0 Å². The maximum absolute atomic E-state index is 12.4. The minimum Gasteiger partial charge on any atom is -0.334 e. The number of aryl methyl sites for hydroxylation is 1. The molecule has 1 fully saturated rings. The van der Waals surface area contributed by atoms with Crippen molar-refractivity contribution >= 4 is 18.3 Å². The molecule has 1 aliphatic heterocycles. The first-order chi connectivity index (χ1) is 8.22. The van der Waals surface area contributed by atoms with Crippen molar-refractivity contribution in [2.45, 2.75) is 25.8 Å². The molecule has 1 unspecified atom stereocenters. The fourth-order valence-electron chi connectivity index (χ4n) is 2.49. The van der Waals surface area contributed by atoms with Gasteiger partial charge < -0.3 is 10.2 Å². The highest BCUT2D eigenvalue weighted by molar-refractivity contribution is 5.94. The van der Waals surface area contributed by atoms with Crippen LogP contribution in [-0.2, 0) is 0 Å². The Labute approximate surface area is 115 Å². The van der Waals surface area contributed by atoms with Gasteiger partial charge in [0.1, 0.15) is 0 Å². The van der Waals surface area contributed by atoms with E-state index >= 15 is 0 Å². The highest BCUT2D eigenvalue weighted by Crippen LogP contribution is 2.19. The zero-order chi connectivity index (χ0) is 12.3. The van der Waals surface area contributed by atoms with E-state index in [1.54, 1.807) is 0 Å². The summed E-state index contributed by atoms with van der Waals surface area (Å²) in [6.45, 7) is 3.79. The van der Waals surface area contributed by atoms with Crippen LogP contribution in [0.25, 0.3) is 0 Å². The first-order valence-electron chi connectivity index (χ1n) is 6.24. The third-order valence-electron chi connectivity index (χ3n) is 3.34. The van der Waals surface area contributed by atoms with Crippen LogP contribution in [0.1, 0.15) is 28.8 Å². The van der Waals surface area contributed by atoms with Crippen molar-refractivity contribution in [3.05, 3.63) is 35.4 Å². The molecule has 1 aromatic carbocycles. The van der Waals surface area contributed by atoms with Gasteiger partial charge in [0.25, 0.3) is 5.91 Å². The lowest BCUT2D eigenvalue weighted by molar-refractivity contribution is 0.0737. The molecule has 100 valence electrons. The van der Waals surface area contributed by atoms with Crippen LogP contribution >= 0.6 is 12.4 Å². The Bertz CT molecular complexity index is 409. The SMILES string of the molecule is CNCC1CCCN1C(=O)c1cccc(C)c1.Cl. The molecule has 0 radical (unpaired) electrons. The maximum atomic E-state index is 12.4. The quantitative estimate of drug-likeness (QED) is 0.912. The molecule has 0 saturated carbocycles. The van der Waals surface area contributed by atoms with Crippen LogP contribution in [0.2, 0.25) is 0 Å². The van der Waals surface area contributed by atoms with Crippen LogP contribution in [0, 0.1) is 6.92 Å². The van der Waals surface area contributed by atoms with E-state index in [-0.39, 0.29) is 18.3 Å². The monoisotopic (exact) mass is 268 g/mol. The van der Waals surface area contributed by atoms with Gasteiger partial charge in [0.05, 0.1) is 0 Å². The topological polar surface area (TPSA) is 32.3 Å². The minimum atomic E-state index is 0. The highest BCUT2D eigenvalue weighted by atomic mass is 35.5. The first-order valence-corrected chi connectivity index (χ1v) is 6.24. The molecule has 0 aliphatic carbocycles. The Balaban J connectivity index is 0.00000162. The number of nitrogens with zero attached hydrogens (tertiary/aromatic N) is 1. The number of likely N-dealkylation sites (N-methyl/N-ethyl adjacent to an activating group) is 1. The third kappa shape index (κ3) is 3.24. The number of nitrogens with one attached hydrogen (secondary N) is 1. The van der Waals surface area contributed by atoms with Gasteiger partial charge in [-0.25, -0.2) is 0 Å². The first kappa shape index (κ1) is 15.0. The average Bonchev–Trinajstić information content (AvgIpc) is 2.77. The van der Waals surface area contributed by atoms with Gasteiger partial charge in [-0.1, -0.05) is 17.7 Å². The van der Waals surface area contributed by atoms with Crippen molar-refractivity contribution in [2.24, 2.45) is 0 Å². The Hall–Kier alpha value is -1.06. The molecular weight excluding hydrogens is 248 g/mol. The van der Waals surface area contributed by atoms with Crippen molar-refractivity contribution in [1.82, 2.24) is 10.2 Å². The fourth-order valence-corrected chi connectivity index (χ4v) is 2.49. The van der Waals surface area contributed by atoms with Gasteiger partial charge in [-0.05, 0) is 38.9 Å². The largest absolute Gasteiger partial charge is 0.334 e. The normalized spacial score (nSPS) is 18.6. The molecule has 1 aromatic rings. The van der Waals surface area contributed by atoms with E-state index in [4.69, 9.17) is 0 Å². The Morgan fingerprint density at radius 2 is 2.28 bits per heavy atom. The summed E-state index contributed by atoms with van der Waals surface area (Å²) in [5, 5.41) is 3.16. The molecule has 1 heterocycles. The summed E-state index contributed by atoms with van der Waals surface area (Å²) in [5.41, 5.74) is 1.95. The van der Waals surface area contributed by atoms with Crippen LogP contribution in [0.4, 0.5) is 0 Å². The lowest BCUT2D eigenvalue weighted by Crippen LogP contribution is -2.40. The molecule has 3 nitrogen and oxygen atoms in total. The smallest absolute Gasteiger partial charge is 0.254 e. The molecule has 1 amide bonds. The summed E-state index contributed by atoms with van der Waals surface area (Å²) in [6, 6.07) is 8.20. The van der Waals surface area contributed by atoms with Crippen LogP contribution in [-0.4, -0.2) is 37.0 Å². The molecule has 1 aliphatic rings. The second-order valence-electron chi connectivity index (χ2n) is 4.72. The van der Waals surface area contributed by atoms with E-state index in [0.717, 1.165) is 37.1 Å². The van der Waals surface area contributed by atoms with Gasteiger partial charge in [0, 0.05) is 24.7 Å². The number of halogens is 1. The van der Waals surface area contributed by atoms with E-state index in [1.807, 2.05) is 43.1 Å². The van der Waals surface area contributed by atoms with E-state index in [0.29, 0.717) is 6.04 Å². The zero-order valence-electron chi connectivity index (χ0n) is 11.0. The van der Waals surface area contributed by atoms with Gasteiger partial charge >= 0.3 is 0 Å². The summed E-state index contributed by atoms with van der Waals surface area (Å²) in [5.74, 6) is 0.173. The number of amides is 1. The zero-order valence-corrected chi connectivity index (χ0v) is 11.8. The summed E-state index contributed by atoms with van der Waals surface area (Å²) >= 11 is 0. The predicted octanol–water partition coefficient (Wildman–Crippen LogP) is 2.24. The Kier molecular flexibility index (Phi) is 5.63. The van der Waals surface area contributed by atoms with Crippen molar-refractivity contribution in [1.29, 1.82) is 0 Å². The van der Waals surface area contributed by atoms with Crippen molar-refractivity contribution in [3.8, 4) is 0 Å². The van der Waals surface area contributed by atoms with Gasteiger partial charge in [0.15, 0.2) is 0 Å². The molecule has 1 atom stereocenters. The molecule has 1 N–H and O–H groups in total. The number of likely N-dealkylation sites (tertiary alicyclic amines) is 1. The number of rotatable bonds is 3. The average molecular weight is 269 g/mol. The minimum absolute atomic E-state index is 0. The molecule has 18 heavy (non-hydrogen) atoms. The summed E-state index contributed by atoms with van der Waals surface area (Å²) in [7, 11) is 1.94. The second-order valence-corrected chi connectivity index (χ2v) is 4.72. The molecule has 0 spiro atoms. The maximum Gasteiger partial charge on any atom is 0.254 e. The van der Waals surface area contributed by atoms with Crippen molar-refractivity contribution in [3.63, 3.8) is 0 Å². The number of hydrogen-bond acceptors (Lipinski definition) is 2. The lowest BCUT2D eigenvalue weighted by atomic mass is 10.1. The molecule has 2 rings (SSSR count). The summed E-state index contributed by atoms with van der Waals surface area (Å²) in [6.07, 6.45) is 2.22. The standard InChI is InChI=1S/C14H20N2O.ClH/c1-11-5-3-6-12(9-11)14(17)16-8-4-7-13(16)10-15-2;/h3,5-6,9,13,15H,4,7-8,10H2,1-2H3;1H. The third-order valence-corrected chi connectivity index (χ3v) is 3.34. The van der Waals surface area contributed by atoms with E-state index in [1.165, 1.54) is 0 Å². The lowest BCUT2D eigenvalue weighted by Gasteiger charge is -2.24. The van der Waals surface area contributed by atoms with E-state index < -0.39 is 0 Å². The van der Waals surface area contributed by atoms with Crippen LogP contribution in [0.15, 0.2) is 24.3 Å². The van der Waals surface area contributed by atoms with E-state index in [2.05, 4.69) is 5.32 Å². The number of carbonyl (C=O) groups excluding carboxylic acids is 1. The Morgan fingerprint density at radius 3 is 2.94 bits per heavy atom. The number of hydrogen-bond donors (Lipinski definition) is 1. The number of carbonyl (C=O) groups is 1. The van der Waals surface area contributed by atoms with Crippen LogP contribution in [0.5, 0.6) is 0 Å². The fraction of sp³-hybridized carbons (Fsp3) is 0.500. The molecule has 0 bridgehead atoms. The second kappa shape index (κ2) is 6.76. The van der Waals surface area contributed by atoms with Gasteiger partial charge in [-0.3, -0.25) is 4.79 Å². The van der Waals surface area contributed by atoms with Crippen LogP contribution < -0.4 is 5.32 Å². The van der Waals surface area contributed by atoms with Gasteiger partial charge in [-0.15, -0.1) is 12.4 Å². The van der Waals surface area contributed by atoms with Crippen molar-refractivity contribution in [2.75, 3.05) is 20.1 Å². The Morgan fingerprint density at radius 1 is 1.50 bits per heavy atom. The number of benzene rings is 1. The van der Waals surface area contributed by atoms with Crippen molar-refractivity contribution < 1.29 is 4.79 Å². The molecular formula is C14H21ClN2O.